The second kappa shape index (κ2) is 3.82. The van der Waals surface area contributed by atoms with Crippen LogP contribution in [0.4, 0.5) is 0 Å². The van der Waals surface area contributed by atoms with Gasteiger partial charge in [0.2, 0.25) is 0 Å². The highest BCUT2D eigenvalue weighted by Gasteiger charge is 2.40. The van der Waals surface area contributed by atoms with E-state index in [1.54, 1.807) is 0 Å². The van der Waals surface area contributed by atoms with Gasteiger partial charge in [0.25, 0.3) is 0 Å². The predicted octanol–water partition coefficient (Wildman–Crippen LogP) is 1.88. The van der Waals surface area contributed by atoms with E-state index in [9.17, 15) is 5.11 Å². The first-order valence-electron chi connectivity index (χ1n) is 5.99. The average molecular weight is 197 g/mol. The van der Waals surface area contributed by atoms with Crippen LogP contribution < -0.4 is 0 Å². The molecule has 1 N–H and O–H groups in total. The Labute approximate surface area is 87.3 Å². The van der Waals surface area contributed by atoms with Crippen LogP contribution in [0.5, 0.6) is 0 Å². The Morgan fingerprint density at radius 2 is 1.79 bits per heavy atom. The maximum absolute atomic E-state index is 10.1. The first-order chi connectivity index (χ1) is 6.59. The Hall–Kier alpha value is -0.0800. The van der Waals surface area contributed by atoms with Crippen molar-refractivity contribution >= 4 is 0 Å². The number of rotatable bonds is 2. The number of hydrogen-bond acceptors (Lipinski definition) is 2. The summed E-state index contributed by atoms with van der Waals surface area (Å²) in [5, 5.41) is 10.1. The van der Waals surface area contributed by atoms with Crippen LogP contribution in [0.25, 0.3) is 0 Å². The molecule has 2 saturated carbocycles. The molecule has 2 aliphatic carbocycles. The van der Waals surface area contributed by atoms with E-state index < -0.39 is 0 Å². The van der Waals surface area contributed by atoms with Gasteiger partial charge in [-0.15, -0.1) is 0 Å². The van der Waals surface area contributed by atoms with Crippen LogP contribution in [-0.4, -0.2) is 35.2 Å². The van der Waals surface area contributed by atoms with E-state index in [0.717, 1.165) is 12.5 Å². The summed E-state index contributed by atoms with van der Waals surface area (Å²) in [5.74, 6) is 1.35. The van der Waals surface area contributed by atoms with E-state index in [-0.39, 0.29) is 6.10 Å². The van der Waals surface area contributed by atoms with Gasteiger partial charge in [0.1, 0.15) is 0 Å². The van der Waals surface area contributed by atoms with E-state index >= 15 is 0 Å². The van der Waals surface area contributed by atoms with Gasteiger partial charge in [-0.2, -0.15) is 0 Å². The summed E-state index contributed by atoms with van der Waals surface area (Å²) in [6.45, 7) is 4.55. The van der Waals surface area contributed by atoms with Gasteiger partial charge in [-0.25, -0.2) is 0 Å². The second-order valence-electron chi connectivity index (χ2n) is 5.51. The molecule has 14 heavy (non-hydrogen) atoms. The SMILES string of the molecule is CC1CC(C)C(N(C)C2CC2)C(O)C1. The molecule has 4 atom stereocenters. The van der Waals surface area contributed by atoms with Gasteiger partial charge < -0.3 is 5.11 Å². The van der Waals surface area contributed by atoms with Crippen molar-refractivity contribution in [1.29, 1.82) is 0 Å². The van der Waals surface area contributed by atoms with Gasteiger partial charge in [0.15, 0.2) is 0 Å². The van der Waals surface area contributed by atoms with Crippen molar-refractivity contribution in [3.05, 3.63) is 0 Å². The molecule has 2 nitrogen and oxygen atoms in total. The number of nitrogens with zero attached hydrogens (tertiary/aromatic N) is 1. The van der Waals surface area contributed by atoms with Crippen molar-refractivity contribution < 1.29 is 5.11 Å². The van der Waals surface area contributed by atoms with Crippen LogP contribution in [-0.2, 0) is 0 Å². The molecule has 2 aliphatic rings. The molecule has 0 spiro atoms. The topological polar surface area (TPSA) is 23.5 Å². The summed E-state index contributed by atoms with van der Waals surface area (Å²) in [6, 6.07) is 1.18. The molecule has 2 rings (SSSR count). The van der Waals surface area contributed by atoms with E-state index in [1.807, 2.05) is 0 Å². The molecule has 4 unspecified atom stereocenters. The highest BCUT2D eigenvalue weighted by Crippen LogP contribution is 2.36. The van der Waals surface area contributed by atoms with Crippen LogP contribution >= 0.6 is 0 Å². The number of hydrogen-bond donors (Lipinski definition) is 1. The minimum Gasteiger partial charge on any atom is -0.391 e. The third-order valence-electron chi connectivity index (χ3n) is 3.99. The molecule has 0 bridgehead atoms. The zero-order valence-electron chi connectivity index (χ0n) is 9.61. The van der Waals surface area contributed by atoms with Gasteiger partial charge in [0.05, 0.1) is 6.10 Å². The lowest BCUT2D eigenvalue weighted by Gasteiger charge is -2.42. The fourth-order valence-electron chi connectivity index (χ4n) is 3.20. The molecule has 0 heterocycles. The quantitative estimate of drug-likeness (QED) is 0.730. The third-order valence-corrected chi connectivity index (χ3v) is 3.99. The molecule has 0 radical (unpaired) electrons. The normalized spacial score (nSPS) is 44.4. The number of aliphatic hydroxyl groups excluding tert-OH is 1. The third kappa shape index (κ3) is 1.96. The summed E-state index contributed by atoms with van der Waals surface area (Å²) < 4.78 is 0. The Bertz CT molecular complexity index is 190. The molecule has 0 amide bonds. The number of likely N-dealkylation sites (N-methyl/N-ethyl adjacent to an activating group) is 1. The Balaban J connectivity index is 2.00. The maximum Gasteiger partial charge on any atom is 0.0700 e. The minimum atomic E-state index is -0.0978. The molecule has 0 aromatic carbocycles. The van der Waals surface area contributed by atoms with E-state index in [1.165, 1.54) is 19.3 Å². The summed E-state index contributed by atoms with van der Waals surface area (Å²) in [4.78, 5) is 2.43. The maximum atomic E-state index is 10.1. The lowest BCUT2D eigenvalue weighted by Crippen LogP contribution is -2.50. The van der Waals surface area contributed by atoms with Crippen molar-refractivity contribution in [2.45, 2.75) is 57.7 Å². The van der Waals surface area contributed by atoms with Crippen LogP contribution in [0, 0.1) is 11.8 Å². The van der Waals surface area contributed by atoms with Crippen molar-refractivity contribution in [3.8, 4) is 0 Å². The molecular formula is C12H23NO. The largest absolute Gasteiger partial charge is 0.391 e. The van der Waals surface area contributed by atoms with Crippen LogP contribution in [0.1, 0.15) is 39.5 Å². The fourth-order valence-corrected chi connectivity index (χ4v) is 3.20. The molecule has 82 valence electrons. The fraction of sp³-hybridized carbons (Fsp3) is 1.00. The van der Waals surface area contributed by atoms with Gasteiger partial charge in [-0.05, 0) is 44.6 Å². The zero-order chi connectivity index (χ0) is 10.3. The Morgan fingerprint density at radius 3 is 2.29 bits per heavy atom. The summed E-state index contributed by atoms with van der Waals surface area (Å²) in [6.07, 6.45) is 4.84. The molecule has 2 heteroatoms. The first-order valence-corrected chi connectivity index (χ1v) is 5.99. The first kappa shape index (κ1) is 10.4. The van der Waals surface area contributed by atoms with Crippen molar-refractivity contribution in [1.82, 2.24) is 4.90 Å². The summed E-state index contributed by atoms with van der Waals surface area (Å²) in [7, 11) is 2.19. The Morgan fingerprint density at radius 1 is 1.14 bits per heavy atom. The van der Waals surface area contributed by atoms with Gasteiger partial charge >= 0.3 is 0 Å². The van der Waals surface area contributed by atoms with Crippen molar-refractivity contribution in [2.75, 3.05) is 7.05 Å². The molecule has 0 aliphatic heterocycles. The van der Waals surface area contributed by atoms with Crippen LogP contribution in [0.3, 0.4) is 0 Å². The van der Waals surface area contributed by atoms with E-state index in [2.05, 4.69) is 25.8 Å². The van der Waals surface area contributed by atoms with Gasteiger partial charge in [-0.3, -0.25) is 4.90 Å². The zero-order valence-corrected chi connectivity index (χ0v) is 9.61. The van der Waals surface area contributed by atoms with Crippen molar-refractivity contribution in [3.63, 3.8) is 0 Å². The minimum absolute atomic E-state index is 0.0978. The molecule has 2 fully saturated rings. The standard InChI is InChI=1S/C12H23NO/c1-8-6-9(2)12(11(14)7-8)13(3)10-4-5-10/h8-12,14H,4-7H2,1-3H3. The lowest BCUT2D eigenvalue weighted by atomic mass is 9.77. The summed E-state index contributed by atoms with van der Waals surface area (Å²) >= 11 is 0. The molecule has 0 aromatic heterocycles. The van der Waals surface area contributed by atoms with Crippen LogP contribution in [0.15, 0.2) is 0 Å². The monoisotopic (exact) mass is 197 g/mol. The smallest absolute Gasteiger partial charge is 0.0700 e. The molecule has 0 saturated heterocycles. The highest BCUT2D eigenvalue weighted by atomic mass is 16.3. The van der Waals surface area contributed by atoms with Crippen molar-refractivity contribution in [2.24, 2.45) is 11.8 Å². The van der Waals surface area contributed by atoms with E-state index in [0.29, 0.717) is 17.9 Å². The number of aliphatic hydroxyl groups is 1. The van der Waals surface area contributed by atoms with Gasteiger partial charge in [-0.1, -0.05) is 13.8 Å². The predicted molar refractivity (Wildman–Crippen MR) is 58.1 cm³/mol. The van der Waals surface area contributed by atoms with Gasteiger partial charge in [0, 0.05) is 12.1 Å². The summed E-state index contributed by atoms with van der Waals surface area (Å²) in [5.41, 5.74) is 0. The van der Waals surface area contributed by atoms with Crippen LogP contribution in [0.2, 0.25) is 0 Å². The molecular weight excluding hydrogens is 174 g/mol. The van der Waals surface area contributed by atoms with E-state index in [4.69, 9.17) is 0 Å². The highest BCUT2D eigenvalue weighted by molar-refractivity contribution is 4.94. The lowest BCUT2D eigenvalue weighted by molar-refractivity contribution is -0.0172. The molecule has 0 aromatic rings. The average Bonchev–Trinajstić information content (AvgIpc) is 2.83. The second-order valence-corrected chi connectivity index (χ2v) is 5.51. The Kier molecular flexibility index (Phi) is 2.85.